The van der Waals surface area contributed by atoms with Gasteiger partial charge in [-0.15, -0.1) is 0 Å². The number of benzene rings is 1. The minimum absolute atomic E-state index is 0.117. The molecule has 1 fully saturated rings. The average Bonchev–Trinajstić information content (AvgIpc) is 3.13. The van der Waals surface area contributed by atoms with Crippen LogP contribution in [0.2, 0.25) is 0 Å². The van der Waals surface area contributed by atoms with Gasteiger partial charge in [0.25, 0.3) is 0 Å². The zero-order valence-corrected chi connectivity index (χ0v) is 11.6. The van der Waals surface area contributed by atoms with Crippen molar-refractivity contribution in [3.05, 3.63) is 29.6 Å². The van der Waals surface area contributed by atoms with E-state index in [1.807, 2.05) is 6.33 Å². The second-order valence-corrected chi connectivity index (χ2v) is 5.64. The van der Waals surface area contributed by atoms with E-state index in [1.165, 1.54) is 24.0 Å². The molecule has 0 spiro atoms. The van der Waals surface area contributed by atoms with Crippen LogP contribution in [0.5, 0.6) is 0 Å². The molecule has 102 valence electrons. The lowest BCUT2D eigenvalue weighted by Gasteiger charge is -2.17. The maximum absolute atomic E-state index is 9.48. The van der Waals surface area contributed by atoms with Gasteiger partial charge in [-0.05, 0) is 49.9 Å². The SMILES string of the molecule is Cc1cc2ncn(CC(CO)NC3CC3)c2cc1C. The standard InChI is InChI=1S/C15H21N3O/c1-10-5-14-15(6-11(10)2)18(9-16-14)7-13(8-19)17-12-3-4-12/h5-6,9,12-13,17,19H,3-4,7-8H2,1-2H3. The molecule has 1 atom stereocenters. The Morgan fingerprint density at radius 1 is 1.37 bits per heavy atom. The van der Waals surface area contributed by atoms with E-state index < -0.39 is 0 Å². The lowest BCUT2D eigenvalue weighted by molar-refractivity contribution is 0.228. The highest BCUT2D eigenvalue weighted by Gasteiger charge is 2.24. The van der Waals surface area contributed by atoms with Crippen molar-refractivity contribution in [2.45, 2.75) is 45.3 Å². The lowest BCUT2D eigenvalue weighted by Crippen LogP contribution is -2.37. The van der Waals surface area contributed by atoms with E-state index in [0.717, 1.165) is 17.6 Å². The Labute approximate surface area is 113 Å². The van der Waals surface area contributed by atoms with Gasteiger partial charge in [-0.25, -0.2) is 4.98 Å². The van der Waals surface area contributed by atoms with E-state index in [1.54, 1.807) is 0 Å². The van der Waals surface area contributed by atoms with Gasteiger partial charge in [0.05, 0.1) is 24.0 Å². The lowest BCUT2D eigenvalue weighted by atomic mass is 10.1. The van der Waals surface area contributed by atoms with Crippen LogP contribution in [0.25, 0.3) is 11.0 Å². The van der Waals surface area contributed by atoms with Crippen LogP contribution < -0.4 is 5.32 Å². The largest absolute Gasteiger partial charge is 0.395 e. The van der Waals surface area contributed by atoms with Crippen molar-refractivity contribution in [1.82, 2.24) is 14.9 Å². The summed E-state index contributed by atoms with van der Waals surface area (Å²) in [4.78, 5) is 4.46. The van der Waals surface area contributed by atoms with Crippen molar-refractivity contribution in [3.63, 3.8) is 0 Å². The Morgan fingerprint density at radius 2 is 2.11 bits per heavy atom. The second-order valence-electron chi connectivity index (χ2n) is 5.64. The van der Waals surface area contributed by atoms with Crippen LogP contribution in [0.1, 0.15) is 24.0 Å². The molecule has 1 unspecified atom stereocenters. The Morgan fingerprint density at radius 3 is 2.79 bits per heavy atom. The highest BCUT2D eigenvalue weighted by Crippen LogP contribution is 2.21. The molecule has 1 heterocycles. The predicted molar refractivity (Wildman–Crippen MR) is 76.2 cm³/mol. The first-order chi connectivity index (χ1) is 9.17. The van der Waals surface area contributed by atoms with E-state index >= 15 is 0 Å². The fourth-order valence-electron chi connectivity index (χ4n) is 2.44. The van der Waals surface area contributed by atoms with Crippen molar-refractivity contribution >= 4 is 11.0 Å². The van der Waals surface area contributed by atoms with Gasteiger partial charge in [0.15, 0.2) is 0 Å². The van der Waals surface area contributed by atoms with Crippen LogP contribution in [0.3, 0.4) is 0 Å². The molecular formula is C15H21N3O. The third-order valence-corrected chi connectivity index (χ3v) is 3.92. The number of hydrogen-bond acceptors (Lipinski definition) is 3. The number of rotatable bonds is 5. The molecule has 1 saturated carbocycles. The second kappa shape index (κ2) is 4.94. The summed E-state index contributed by atoms with van der Waals surface area (Å²) >= 11 is 0. The molecule has 4 heteroatoms. The zero-order valence-electron chi connectivity index (χ0n) is 11.6. The third-order valence-electron chi connectivity index (χ3n) is 3.92. The summed E-state index contributed by atoms with van der Waals surface area (Å²) in [5, 5.41) is 12.9. The van der Waals surface area contributed by atoms with Crippen LogP contribution in [0.4, 0.5) is 0 Å². The maximum Gasteiger partial charge on any atom is 0.0958 e. The van der Waals surface area contributed by atoms with Gasteiger partial charge in [-0.3, -0.25) is 0 Å². The van der Waals surface area contributed by atoms with Crippen molar-refractivity contribution < 1.29 is 5.11 Å². The van der Waals surface area contributed by atoms with Crippen molar-refractivity contribution in [3.8, 4) is 0 Å². The molecule has 0 amide bonds. The molecule has 0 saturated heterocycles. The average molecular weight is 259 g/mol. The van der Waals surface area contributed by atoms with Crippen molar-refractivity contribution in [1.29, 1.82) is 0 Å². The van der Waals surface area contributed by atoms with Crippen LogP contribution in [-0.4, -0.2) is 33.3 Å². The smallest absolute Gasteiger partial charge is 0.0958 e. The van der Waals surface area contributed by atoms with E-state index in [-0.39, 0.29) is 12.6 Å². The summed E-state index contributed by atoms with van der Waals surface area (Å²) in [5.74, 6) is 0. The summed E-state index contributed by atoms with van der Waals surface area (Å²) in [6.45, 7) is 5.17. The quantitative estimate of drug-likeness (QED) is 0.860. The Hall–Kier alpha value is -1.39. The van der Waals surface area contributed by atoms with Crippen LogP contribution in [0.15, 0.2) is 18.5 Å². The first kappa shape index (κ1) is 12.6. The molecule has 0 radical (unpaired) electrons. The van der Waals surface area contributed by atoms with E-state index in [0.29, 0.717) is 6.04 Å². The molecular weight excluding hydrogens is 238 g/mol. The first-order valence-electron chi connectivity index (χ1n) is 6.96. The molecule has 2 aromatic rings. The Balaban J connectivity index is 1.85. The molecule has 1 aromatic heterocycles. The summed E-state index contributed by atoms with van der Waals surface area (Å²) in [7, 11) is 0. The van der Waals surface area contributed by atoms with Crippen molar-refractivity contribution in [2.75, 3.05) is 6.61 Å². The summed E-state index contributed by atoms with van der Waals surface area (Å²) < 4.78 is 2.14. The number of nitrogens with one attached hydrogen (secondary N) is 1. The van der Waals surface area contributed by atoms with Gasteiger partial charge < -0.3 is 15.0 Å². The van der Waals surface area contributed by atoms with Gasteiger partial charge in [-0.1, -0.05) is 0 Å². The van der Waals surface area contributed by atoms with Gasteiger partial charge in [0.1, 0.15) is 0 Å². The normalized spacial score (nSPS) is 17.0. The molecule has 2 N–H and O–H groups in total. The van der Waals surface area contributed by atoms with E-state index in [9.17, 15) is 5.11 Å². The molecule has 4 nitrogen and oxygen atoms in total. The van der Waals surface area contributed by atoms with Gasteiger partial charge in [0.2, 0.25) is 0 Å². The summed E-state index contributed by atoms with van der Waals surface area (Å²) in [6, 6.07) is 5.04. The number of aliphatic hydroxyl groups is 1. The van der Waals surface area contributed by atoms with Crippen LogP contribution >= 0.6 is 0 Å². The predicted octanol–water partition coefficient (Wildman–Crippen LogP) is 1.77. The minimum atomic E-state index is 0.117. The first-order valence-corrected chi connectivity index (χ1v) is 6.96. The van der Waals surface area contributed by atoms with Gasteiger partial charge in [0, 0.05) is 18.6 Å². The summed E-state index contributed by atoms with van der Waals surface area (Å²) in [6.07, 6.45) is 4.35. The molecule has 1 aliphatic carbocycles. The van der Waals surface area contributed by atoms with E-state index in [4.69, 9.17) is 0 Å². The molecule has 19 heavy (non-hydrogen) atoms. The summed E-state index contributed by atoms with van der Waals surface area (Å²) in [5.41, 5.74) is 4.74. The monoisotopic (exact) mass is 259 g/mol. The van der Waals surface area contributed by atoms with Crippen molar-refractivity contribution in [2.24, 2.45) is 0 Å². The number of aliphatic hydroxyl groups excluding tert-OH is 1. The highest BCUT2D eigenvalue weighted by molar-refractivity contribution is 5.77. The molecule has 1 aliphatic rings. The Kier molecular flexibility index (Phi) is 3.29. The third kappa shape index (κ3) is 2.65. The fourth-order valence-corrected chi connectivity index (χ4v) is 2.44. The molecule has 0 aliphatic heterocycles. The van der Waals surface area contributed by atoms with Crippen LogP contribution in [0, 0.1) is 13.8 Å². The highest BCUT2D eigenvalue weighted by atomic mass is 16.3. The van der Waals surface area contributed by atoms with Crippen LogP contribution in [-0.2, 0) is 6.54 Å². The number of hydrogen-bond donors (Lipinski definition) is 2. The number of aromatic nitrogens is 2. The maximum atomic E-state index is 9.48. The minimum Gasteiger partial charge on any atom is -0.395 e. The van der Waals surface area contributed by atoms with E-state index in [2.05, 4.69) is 40.8 Å². The molecule has 0 bridgehead atoms. The zero-order chi connectivity index (χ0) is 13.4. The number of nitrogens with zero attached hydrogens (tertiary/aromatic N) is 2. The Bertz CT molecular complexity index is 586. The number of imidazole rings is 1. The number of fused-ring (bicyclic) bond motifs is 1. The topological polar surface area (TPSA) is 50.1 Å². The molecule has 3 rings (SSSR count). The fraction of sp³-hybridized carbons (Fsp3) is 0.533. The van der Waals surface area contributed by atoms with Gasteiger partial charge >= 0.3 is 0 Å². The number of aryl methyl sites for hydroxylation is 2. The molecule has 1 aromatic carbocycles. The van der Waals surface area contributed by atoms with Gasteiger partial charge in [-0.2, -0.15) is 0 Å².